The molecule has 1 aromatic heterocycles. The minimum absolute atomic E-state index is 0.0541. The molecule has 4 rings (SSSR count). The number of nitrogens with zero attached hydrogens (tertiary/aromatic N) is 1. The molecule has 128 valence electrons. The minimum Gasteiger partial charge on any atom is -0.379 e. The van der Waals surface area contributed by atoms with Crippen molar-refractivity contribution in [2.45, 2.75) is 37.7 Å². The van der Waals surface area contributed by atoms with Crippen LogP contribution in [-0.4, -0.2) is 51.1 Å². The summed E-state index contributed by atoms with van der Waals surface area (Å²) in [5, 5.41) is 11.8. The summed E-state index contributed by atoms with van der Waals surface area (Å²) in [6.45, 7) is 3.64. The maximum atomic E-state index is 12.7. The molecule has 24 heavy (non-hydrogen) atoms. The Bertz CT molecular complexity index is 756. The fourth-order valence-electron chi connectivity index (χ4n) is 4.21. The number of aromatic nitrogens is 1. The molecule has 2 aromatic rings. The molecule has 0 saturated carbocycles. The fourth-order valence-corrected chi connectivity index (χ4v) is 5.44. The number of hydrogen-bond acceptors (Lipinski definition) is 3. The first kappa shape index (κ1) is 16.0. The Kier molecular flexibility index (Phi) is 4.09. The summed E-state index contributed by atoms with van der Waals surface area (Å²) in [5.74, 6) is 1.86. The van der Waals surface area contributed by atoms with Crippen LogP contribution in [-0.2, 0) is 4.79 Å². The van der Waals surface area contributed by atoms with Crippen LogP contribution in [0.3, 0.4) is 0 Å². The van der Waals surface area contributed by atoms with Gasteiger partial charge in [0.15, 0.2) is 5.60 Å². The van der Waals surface area contributed by atoms with Crippen molar-refractivity contribution in [2.24, 2.45) is 0 Å². The molecule has 1 atom stereocenters. The Hall–Kier alpha value is -1.46. The molecule has 0 spiro atoms. The summed E-state index contributed by atoms with van der Waals surface area (Å²) in [6, 6.07) is 8.45. The molecule has 5 heteroatoms. The van der Waals surface area contributed by atoms with E-state index in [4.69, 9.17) is 0 Å². The second-order valence-electron chi connectivity index (χ2n) is 7.11. The summed E-state index contributed by atoms with van der Waals surface area (Å²) in [5.41, 5.74) is 2.73. The predicted molar refractivity (Wildman–Crippen MR) is 98.5 cm³/mol. The molecule has 1 amide bonds. The molecular weight excluding hydrogens is 320 g/mol. The van der Waals surface area contributed by atoms with Gasteiger partial charge in [0.25, 0.3) is 5.91 Å². The first-order chi connectivity index (χ1) is 11.6. The van der Waals surface area contributed by atoms with Crippen LogP contribution in [0.25, 0.3) is 10.9 Å². The molecule has 4 nitrogen and oxygen atoms in total. The molecule has 0 bridgehead atoms. The molecular formula is C19H24N2O2S. The summed E-state index contributed by atoms with van der Waals surface area (Å²) in [6.07, 6.45) is 2.54. The second kappa shape index (κ2) is 6.12. The highest BCUT2D eigenvalue weighted by Gasteiger charge is 2.43. The van der Waals surface area contributed by atoms with Crippen LogP contribution < -0.4 is 0 Å². The predicted octanol–water partition coefficient (Wildman–Crippen LogP) is 3.05. The van der Waals surface area contributed by atoms with E-state index in [0.29, 0.717) is 18.1 Å². The zero-order valence-corrected chi connectivity index (χ0v) is 14.9. The third-order valence-electron chi connectivity index (χ3n) is 5.53. The highest BCUT2D eigenvalue weighted by atomic mass is 32.2. The number of para-hydroxylation sites is 1. The molecule has 2 aliphatic rings. The van der Waals surface area contributed by atoms with Gasteiger partial charge >= 0.3 is 0 Å². The first-order valence-corrected chi connectivity index (χ1v) is 9.91. The smallest absolute Gasteiger partial charge is 0.255 e. The van der Waals surface area contributed by atoms with Crippen molar-refractivity contribution >= 4 is 28.6 Å². The third-order valence-corrected chi connectivity index (χ3v) is 6.71. The van der Waals surface area contributed by atoms with Gasteiger partial charge in [-0.3, -0.25) is 4.79 Å². The molecule has 2 saturated heterocycles. The Morgan fingerprint density at radius 2 is 2.08 bits per heavy atom. The number of benzene rings is 1. The number of amides is 1. The lowest BCUT2D eigenvalue weighted by atomic mass is 9.87. The minimum atomic E-state index is -1.12. The molecule has 2 fully saturated rings. The number of carbonyl (C=O) groups is 1. The number of rotatable bonds is 2. The van der Waals surface area contributed by atoms with Crippen LogP contribution in [0, 0.1) is 6.92 Å². The van der Waals surface area contributed by atoms with Crippen LogP contribution in [0.15, 0.2) is 24.3 Å². The number of fused-ring (bicyclic) bond motifs is 1. The normalized spacial score (nSPS) is 25.5. The van der Waals surface area contributed by atoms with E-state index in [1.165, 1.54) is 22.2 Å². The standard InChI is InChI=1S/C19H24N2O2S/c1-13-17(15-4-2-3-5-16(15)20-13)14-6-9-21(10-7-14)18(22)19(23)8-11-24-12-19/h2-5,14,20,23H,6-12H2,1H3. The van der Waals surface area contributed by atoms with Gasteiger partial charge in [0.05, 0.1) is 0 Å². The van der Waals surface area contributed by atoms with Gasteiger partial charge < -0.3 is 15.0 Å². The lowest BCUT2D eigenvalue weighted by Crippen LogP contribution is -2.51. The van der Waals surface area contributed by atoms with Gasteiger partial charge in [-0.2, -0.15) is 11.8 Å². The summed E-state index contributed by atoms with van der Waals surface area (Å²) in [7, 11) is 0. The van der Waals surface area contributed by atoms with Crippen molar-refractivity contribution in [3.63, 3.8) is 0 Å². The van der Waals surface area contributed by atoms with Crippen LogP contribution in [0.1, 0.15) is 36.4 Å². The monoisotopic (exact) mass is 344 g/mol. The van der Waals surface area contributed by atoms with Gasteiger partial charge in [-0.1, -0.05) is 18.2 Å². The van der Waals surface area contributed by atoms with Crippen LogP contribution in [0.5, 0.6) is 0 Å². The van der Waals surface area contributed by atoms with Crippen molar-refractivity contribution in [3.8, 4) is 0 Å². The maximum Gasteiger partial charge on any atom is 0.255 e. The van der Waals surface area contributed by atoms with E-state index in [2.05, 4.69) is 36.2 Å². The number of aromatic amines is 1. The Morgan fingerprint density at radius 1 is 1.33 bits per heavy atom. The Morgan fingerprint density at radius 3 is 2.79 bits per heavy atom. The number of H-pyrrole nitrogens is 1. The van der Waals surface area contributed by atoms with Gasteiger partial charge in [-0.05, 0) is 49.5 Å². The molecule has 3 heterocycles. The first-order valence-electron chi connectivity index (χ1n) is 8.75. The van der Waals surface area contributed by atoms with Crippen molar-refractivity contribution < 1.29 is 9.90 Å². The quantitative estimate of drug-likeness (QED) is 0.880. The number of aryl methyl sites for hydroxylation is 1. The Balaban J connectivity index is 1.50. The zero-order chi connectivity index (χ0) is 16.7. The highest BCUT2D eigenvalue weighted by molar-refractivity contribution is 7.99. The van der Waals surface area contributed by atoms with Crippen molar-refractivity contribution in [1.29, 1.82) is 0 Å². The number of nitrogens with one attached hydrogen (secondary N) is 1. The van der Waals surface area contributed by atoms with Crippen molar-refractivity contribution in [3.05, 3.63) is 35.5 Å². The summed E-state index contributed by atoms with van der Waals surface area (Å²) < 4.78 is 0. The van der Waals surface area contributed by atoms with Gasteiger partial charge in [0.2, 0.25) is 0 Å². The van der Waals surface area contributed by atoms with E-state index < -0.39 is 5.60 Å². The molecule has 1 unspecified atom stereocenters. The largest absolute Gasteiger partial charge is 0.379 e. The molecule has 2 N–H and O–H groups in total. The molecule has 2 aliphatic heterocycles. The number of carbonyl (C=O) groups excluding carboxylic acids is 1. The van der Waals surface area contributed by atoms with Crippen molar-refractivity contribution in [2.75, 3.05) is 24.6 Å². The topological polar surface area (TPSA) is 56.3 Å². The van der Waals surface area contributed by atoms with E-state index in [0.717, 1.165) is 31.7 Å². The number of hydrogen-bond donors (Lipinski definition) is 2. The molecule has 1 aromatic carbocycles. The van der Waals surface area contributed by atoms with Crippen LogP contribution in [0.2, 0.25) is 0 Å². The van der Waals surface area contributed by atoms with E-state index in [1.54, 1.807) is 11.8 Å². The van der Waals surface area contributed by atoms with E-state index >= 15 is 0 Å². The Labute approximate surface area is 146 Å². The number of aliphatic hydroxyl groups is 1. The number of piperidine rings is 1. The SMILES string of the molecule is Cc1[nH]c2ccccc2c1C1CCN(C(=O)C2(O)CCSC2)CC1. The second-order valence-corrected chi connectivity index (χ2v) is 8.22. The van der Waals surface area contributed by atoms with Gasteiger partial charge in [-0.25, -0.2) is 0 Å². The van der Waals surface area contributed by atoms with Gasteiger partial charge in [0.1, 0.15) is 0 Å². The van der Waals surface area contributed by atoms with E-state index in [9.17, 15) is 9.90 Å². The third kappa shape index (κ3) is 2.64. The summed E-state index contributed by atoms with van der Waals surface area (Å²) in [4.78, 5) is 18.0. The maximum absolute atomic E-state index is 12.7. The number of thioether (sulfide) groups is 1. The van der Waals surface area contributed by atoms with Gasteiger partial charge in [-0.15, -0.1) is 0 Å². The van der Waals surface area contributed by atoms with Crippen LogP contribution >= 0.6 is 11.8 Å². The fraction of sp³-hybridized carbons (Fsp3) is 0.526. The van der Waals surface area contributed by atoms with Crippen molar-refractivity contribution in [1.82, 2.24) is 9.88 Å². The van der Waals surface area contributed by atoms with E-state index in [1.807, 2.05) is 4.90 Å². The summed E-state index contributed by atoms with van der Waals surface area (Å²) >= 11 is 1.67. The average molecular weight is 344 g/mol. The highest BCUT2D eigenvalue weighted by Crippen LogP contribution is 2.37. The van der Waals surface area contributed by atoms with Gasteiger partial charge in [0, 0.05) is 35.4 Å². The lowest BCUT2D eigenvalue weighted by molar-refractivity contribution is -0.149. The lowest BCUT2D eigenvalue weighted by Gasteiger charge is -2.36. The zero-order valence-electron chi connectivity index (χ0n) is 14.0. The van der Waals surface area contributed by atoms with Crippen LogP contribution in [0.4, 0.5) is 0 Å². The van der Waals surface area contributed by atoms with E-state index in [-0.39, 0.29) is 5.91 Å². The molecule has 0 aliphatic carbocycles. The molecule has 0 radical (unpaired) electrons. The number of likely N-dealkylation sites (tertiary alicyclic amines) is 1. The average Bonchev–Trinajstić information content (AvgIpc) is 3.18.